The number of aldehydes is 1. The Kier molecular flexibility index (Phi) is 6.27. The van der Waals surface area contributed by atoms with E-state index in [9.17, 15) is 9.18 Å². The van der Waals surface area contributed by atoms with Crippen LogP contribution in [0.4, 0.5) is 8.78 Å². The van der Waals surface area contributed by atoms with E-state index in [0.717, 1.165) is 32.1 Å². The van der Waals surface area contributed by atoms with Gasteiger partial charge in [-0.2, -0.15) is 0 Å². The zero-order valence-electron chi connectivity index (χ0n) is 17.9. The van der Waals surface area contributed by atoms with Gasteiger partial charge in [0.05, 0.1) is 21.4 Å². The third-order valence-corrected chi connectivity index (χ3v) is 6.68. The van der Waals surface area contributed by atoms with E-state index >= 15 is 4.39 Å². The molecule has 34 heavy (non-hydrogen) atoms. The van der Waals surface area contributed by atoms with Crippen molar-refractivity contribution >= 4 is 35.4 Å². The van der Waals surface area contributed by atoms with Gasteiger partial charge in [0.2, 0.25) is 6.23 Å². The van der Waals surface area contributed by atoms with Crippen molar-refractivity contribution in [2.24, 2.45) is 5.10 Å². The third-order valence-electron chi connectivity index (χ3n) is 6.10. The average molecular weight is 505 g/mol. The number of aromatic nitrogens is 2. The van der Waals surface area contributed by atoms with Gasteiger partial charge in [0, 0.05) is 11.5 Å². The van der Waals surface area contributed by atoms with Crippen LogP contribution in [0.2, 0.25) is 10.0 Å². The van der Waals surface area contributed by atoms with Crippen molar-refractivity contribution < 1.29 is 18.3 Å². The maximum Gasteiger partial charge on any atom is 0.261 e. The summed E-state index contributed by atoms with van der Waals surface area (Å²) in [4.78, 5) is 16.1. The fraction of sp³-hybridized carbons (Fsp3) is 0.292. The Morgan fingerprint density at radius 3 is 2.59 bits per heavy atom. The predicted octanol–water partition coefficient (Wildman–Crippen LogP) is 5.98. The Morgan fingerprint density at radius 1 is 1.09 bits per heavy atom. The number of nitrogens with one attached hydrogen (secondary N) is 1. The van der Waals surface area contributed by atoms with Gasteiger partial charge in [0.15, 0.2) is 17.8 Å². The number of benzene rings is 2. The molecule has 1 aliphatic carbocycles. The molecule has 1 saturated carbocycles. The Labute approximate surface area is 204 Å². The van der Waals surface area contributed by atoms with E-state index in [-0.39, 0.29) is 27.5 Å². The smallest absolute Gasteiger partial charge is 0.261 e. The van der Waals surface area contributed by atoms with Crippen molar-refractivity contribution in [3.8, 4) is 16.9 Å². The van der Waals surface area contributed by atoms with Gasteiger partial charge < -0.3 is 4.74 Å². The molecule has 6 nitrogen and oxygen atoms in total. The van der Waals surface area contributed by atoms with E-state index in [1.165, 1.54) is 24.3 Å². The van der Waals surface area contributed by atoms with Crippen LogP contribution >= 0.6 is 23.2 Å². The number of rotatable bonds is 5. The number of hydrogen-bond donors (Lipinski definition) is 1. The van der Waals surface area contributed by atoms with Crippen LogP contribution in [0.15, 0.2) is 41.5 Å². The molecule has 0 saturated heterocycles. The van der Waals surface area contributed by atoms with Gasteiger partial charge in [-0.25, -0.2) is 13.8 Å². The topological polar surface area (TPSA) is 68.5 Å². The highest BCUT2D eigenvalue weighted by Gasteiger charge is 2.33. The van der Waals surface area contributed by atoms with Gasteiger partial charge in [-0.1, -0.05) is 48.5 Å². The molecule has 1 unspecified atom stereocenters. The van der Waals surface area contributed by atoms with Gasteiger partial charge in [0.25, 0.3) is 5.90 Å². The molecule has 0 bridgehead atoms. The number of imidazole rings is 1. The monoisotopic (exact) mass is 504 g/mol. The summed E-state index contributed by atoms with van der Waals surface area (Å²) in [5.41, 5.74) is 3.97. The molecule has 176 valence electrons. The number of hydrazone groups is 1. The second-order valence-electron chi connectivity index (χ2n) is 8.26. The maximum atomic E-state index is 15.4. The zero-order chi connectivity index (χ0) is 23.8. The Balaban J connectivity index is 1.81. The van der Waals surface area contributed by atoms with Crippen LogP contribution in [-0.2, 0) is 9.53 Å². The molecule has 0 radical (unpaired) electrons. The van der Waals surface area contributed by atoms with Gasteiger partial charge >= 0.3 is 0 Å². The Morgan fingerprint density at radius 2 is 1.88 bits per heavy atom. The van der Waals surface area contributed by atoms with Crippen molar-refractivity contribution in [1.82, 2.24) is 15.0 Å². The lowest BCUT2D eigenvalue weighted by atomic mass is 9.88. The average Bonchev–Trinajstić information content (AvgIpc) is 3.48. The van der Waals surface area contributed by atoms with Crippen molar-refractivity contribution in [3.05, 3.63) is 69.6 Å². The Hall–Kier alpha value is -2.97. The molecule has 10 heteroatoms. The minimum atomic E-state index is -0.967. The van der Waals surface area contributed by atoms with Crippen molar-refractivity contribution in [2.75, 3.05) is 0 Å². The number of carbonyl (C=O) groups excluding carboxylic acids is 1. The van der Waals surface area contributed by atoms with E-state index in [4.69, 9.17) is 32.9 Å². The first-order chi connectivity index (χ1) is 16.5. The van der Waals surface area contributed by atoms with E-state index in [1.807, 2.05) is 0 Å². The van der Waals surface area contributed by atoms with Crippen LogP contribution in [0, 0.1) is 11.6 Å². The quantitative estimate of drug-likeness (QED) is 0.434. The van der Waals surface area contributed by atoms with Gasteiger partial charge in [-0.3, -0.25) is 14.8 Å². The lowest BCUT2D eigenvalue weighted by Gasteiger charge is -2.23. The molecule has 2 aromatic carbocycles. The lowest BCUT2D eigenvalue weighted by Crippen LogP contribution is -2.23. The van der Waals surface area contributed by atoms with Gasteiger partial charge in [-0.15, -0.1) is 5.10 Å². The van der Waals surface area contributed by atoms with E-state index in [2.05, 4.69) is 10.5 Å². The van der Waals surface area contributed by atoms with Crippen LogP contribution in [0.25, 0.3) is 16.9 Å². The first-order valence-electron chi connectivity index (χ1n) is 11.0. The molecule has 2 heterocycles. The minimum absolute atomic E-state index is 0.0393. The fourth-order valence-electron chi connectivity index (χ4n) is 4.50. The second-order valence-corrected chi connectivity index (χ2v) is 9.07. The number of ether oxygens (including phenoxy) is 1. The van der Waals surface area contributed by atoms with E-state index in [1.54, 1.807) is 16.7 Å². The maximum absolute atomic E-state index is 15.4. The second kappa shape index (κ2) is 9.35. The molecule has 1 fully saturated rings. The molecule has 0 amide bonds. The molecule has 5 rings (SSSR count). The molecule has 3 aromatic rings. The van der Waals surface area contributed by atoms with Gasteiger partial charge in [0.1, 0.15) is 11.6 Å². The molecule has 2 aliphatic rings. The van der Waals surface area contributed by atoms with Crippen LogP contribution in [-0.4, -0.2) is 28.0 Å². The summed E-state index contributed by atoms with van der Waals surface area (Å²) in [6, 6.07) is 8.94. The molecule has 1 N–H and O–H groups in total. The zero-order valence-corrected chi connectivity index (χ0v) is 19.4. The summed E-state index contributed by atoms with van der Waals surface area (Å²) in [6.45, 7) is 0. The number of hydrogen-bond acceptors (Lipinski definition) is 5. The van der Waals surface area contributed by atoms with Crippen molar-refractivity contribution in [1.29, 1.82) is 0 Å². The standard InChI is InChI=1S/C24H20Cl2F2N4O2/c25-15-7-4-8-18(20(15)28)32-22(14-9-10-17(27)16(26)11-14)21(24-31-30-19(12-33)34-24)29-23(32)13-5-2-1-3-6-13/h4,7-13,19,30H,1-3,5-6H2. The molecule has 1 atom stereocenters. The number of carbonyl (C=O) groups is 1. The number of halogens is 4. The highest BCUT2D eigenvalue weighted by atomic mass is 35.5. The fourth-order valence-corrected chi connectivity index (χ4v) is 4.85. The summed E-state index contributed by atoms with van der Waals surface area (Å²) in [6.07, 6.45) is 4.53. The molecular weight excluding hydrogens is 485 g/mol. The first kappa shape index (κ1) is 22.8. The van der Waals surface area contributed by atoms with Crippen molar-refractivity contribution in [3.63, 3.8) is 0 Å². The number of nitrogens with zero attached hydrogens (tertiary/aromatic N) is 3. The van der Waals surface area contributed by atoms with Crippen LogP contribution in [0.3, 0.4) is 0 Å². The SMILES string of the molecule is O=CC1NN=C(c2nc(C3CCCCC3)n(-c3cccc(Cl)c3F)c2-c2ccc(F)c(Cl)c2)O1. The largest absolute Gasteiger partial charge is 0.442 e. The molecule has 1 aromatic heterocycles. The van der Waals surface area contributed by atoms with Crippen LogP contribution in [0.1, 0.15) is 49.5 Å². The minimum Gasteiger partial charge on any atom is -0.442 e. The van der Waals surface area contributed by atoms with Crippen molar-refractivity contribution in [2.45, 2.75) is 44.2 Å². The summed E-state index contributed by atoms with van der Waals surface area (Å²) < 4.78 is 36.7. The highest BCUT2D eigenvalue weighted by molar-refractivity contribution is 6.31. The third kappa shape index (κ3) is 4.05. The van der Waals surface area contributed by atoms with Crippen LogP contribution in [0.5, 0.6) is 0 Å². The predicted molar refractivity (Wildman–Crippen MR) is 125 cm³/mol. The van der Waals surface area contributed by atoms with Gasteiger partial charge in [-0.05, 0) is 43.2 Å². The highest BCUT2D eigenvalue weighted by Crippen LogP contribution is 2.40. The molecular formula is C24H20Cl2F2N4O2. The first-order valence-corrected chi connectivity index (χ1v) is 11.7. The molecule has 1 aliphatic heterocycles. The lowest BCUT2D eigenvalue weighted by molar-refractivity contribution is -0.114. The van der Waals surface area contributed by atoms with Crippen LogP contribution < -0.4 is 5.43 Å². The summed E-state index contributed by atoms with van der Waals surface area (Å²) in [7, 11) is 0. The summed E-state index contributed by atoms with van der Waals surface area (Å²) in [5, 5.41) is 3.99. The van der Waals surface area contributed by atoms with E-state index in [0.29, 0.717) is 29.1 Å². The molecule has 0 spiro atoms. The summed E-state index contributed by atoms with van der Waals surface area (Å²) in [5.74, 6) is -0.459. The summed E-state index contributed by atoms with van der Waals surface area (Å²) >= 11 is 12.3. The van der Waals surface area contributed by atoms with E-state index < -0.39 is 17.9 Å². The Bertz CT molecular complexity index is 1290. The normalized spacial score (nSPS) is 18.4.